The third-order valence-electron chi connectivity index (χ3n) is 2.44. The number of methoxy groups -OCH3 is 1. The predicted octanol–water partition coefficient (Wildman–Crippen LogP) is 1.87. The van der Waals surface area contributed by atoms with Crippen LogP contribution in [-0.4, -0.2) is 15.5 Å². The van der Waals surface area contributed by atoms with Gasteiger partial charge in [-0.05, 0) is 31.2 Å². The number of rotatable bonds is 2. The van der Waals surface area contributed by atoms with Gasteiger partial charge in [0.05, 0.1) is 12.0 Å². The van der Waals surface area contributed by atoms with Gasteiger partial charge in [0, 0.05) is 11.3 Å². The third-order valence-corrected chi connectivity index (χ3v) is 3.97. The Kier molecular flexibility index (Phi) is 2.93. The summed E-state index contributed by atoms with van der Waals surface area (Å²) >= 11 is 0. The van der Waals surface area contributed by atoms with E-state index in [9.17, 15) is 8.42 Å². The summed E-state index contributed by atoms with van der Waals surface area (Å²) in [5.74, 6) is 0.539. The number of ether oxygens (including phenoxy) is 1. The van der Waals surface area contributed by atoms with Crippen molar-refractivity contribution in [1.29, 1.82) is 0 Å². The minimum atomic E-state index is -3.50. The topological polar surface area (TPSA) is 55.4 Å². The fraction of sp³-hybridized carbons (Fsp3) is 0.167. The van der Waals surface area contributed by atoms with Crippen molar-refractivity contribution in [3.63, 3.8) is 0 Å². The Balaban J connectivity index is 2.60. The van der Waals surface area contributed by atoms with Gasteiger partial charge in [0.15, 0.2) is 0 Å². The van der Waals surface area contributed by atoms with Crippen molar-refractivity contribution in [2.45, 2.75) is 6.92 Å². The quantitative estimate of drug-likeness (QED) is 0.873. The molecular formula is C12H13NO3S. The molecule has 0 aliphatic carbocycles. The normalized spacial score (nSPS) is 17.8. The average molecular weight is 251 g/mol. The lowest BCUT2D eigenvalue weighted by atomic mass is 10.2. The van der Waals surface area contributed by atoms with Gasteiger partial charge in [-0.25, -0.2) is 8.42 Å². The van der Waals surface area contributed by atoms with Crippen LogP contribution in [0.25, 0.3) is 4.91 Å². The lowest BCUT2D eigenvalue weighted by Gasteiger charge is -2.17. The second-order valence-electron chi connectivity index (χ2n) is 3.69. The van der Waals surface area contributed by atoms with Crippen LogP contribution in [0.15, 0.2) is 42.1 Å². The Morgan fingerprint density at radius 1 is 1.18 bits per heavy atom. The summed E-state index contributed by atoms with van der Waals surface area (Å²) in [6.45, 7) is 1.70. The largest absolute Gasteiger partial charge is 0.496 e. The molecule has 0 spiro atoms. The van der Waals surface area contributed by atoms with Crippen molar-refractivity contribution in [3.05, 3.63) is 47.7 Å². The second kappa shape index (κ2) is 4.25. The molecule has 0 bridgehead atoms. The molecule has 1 N–H and O–H groups in total. The molecule has 0 unspecified atom stereocenters. The van der Waals surface area contributed by atoms with E-state index in [0.717, 1.165) is 0 Å². The van der Waals surface area contributed by atoms with Crippen LogP contribution in [0.3, 0.4) is 0 Å². The van der Waals surface area contributed by atoms with E-state index in [4.69, 9.17) is 4.74 Å². The van der Waals surface area contributed by atoms with E-state index in [1.807, 2.05) is 0 Å². The molecule has 0 saturated heterocycles. The standard InChI is InChI=1S/C12H13NO3S/c1-9-7-8-12(17(14,15)13-9)10-5-3-4-6-11(10)16-2/h3-8,13H,1-2H3. The van der Waals surface area contributed by atoms with Crippen LogP contribution in [0.5, 0.6) is 5.75 Å². The summed E-state index contributed by atoms with van der Waals surface area (Å²) in [5.41, 5.74) is 1.16. The number of benzene rings is 1. The molecule has 1 heterocycles. The summed E-state index contributed by atoms with van der Waals surface area (Å²) in [7, 11) is -1.98. The molecule has 0 fully saturated rings. The molecule has 1 aliphatic rings. The first-order chi connectivity index (χ1) is 8.04. The summed E-state index contributed by atoms with van der Waals surface area (Å²) in [6.07, 6.45) is 3.31. The Labute approximate surface area is 101 Å². The van der Waals surface area contributed by atoms with Gasteiger partial charge >= 0.3 is 0 Å². The smallest absolute Gasteiger partial charge is 0.262 e. The van der Waals surface area contributed by atoms with Crippen LogP contribution in [-0.2, 0) is 10.0 Å². The zero-order valence-electron chi connectivity index (χ0n) is 9.60. The SMILES string of the molecule is COc1ccccc1C1=CC=C(C)NS1(=O)=O. The van der Waals surface area contributed by atoms with Crippen molar-refractivity contribution in [2.24, 2.45) is 0 Å². The van der Waals surface area contributed by atoms with E-state index < -0.39 is 10.0 Å². The lowest BCUT2D eigenvalue weighted by molar-refractivity contribution is 0.413. The van der Waals surface area contributed by atoms with Crippen LogP contribution in [0.4, 0.5) is 0 Å². The summed E-state index contributed by atoms with van der Waals surface area (Å²) < 4.78 is 31.6. The molecular weight excluding hydrogens is 238 g/mol. The Morgan fingerprint density at radius 2 is 1.88 bits per heavy atom. The molecule has 0 amide bonds. The van der Waals surface area contributed by atoms with E-state index in [2.05, 4.69) is 4.72 Å². The van der Waals surface area contributed by atoms with E-state index >= 15 is 0 Å². The van der Waals surface area contributed by atoms with Gasteiger partial charge in [-0.15, -0.1) is 0 Å². The number of sulfonamides is 1. The van der Waals surface area contributed by atoms with Crippen molar-refractivity contribution in [2.75, 3.05) is 7.11 Å². The minimum Gasteiger partial charge on any atom is -0.496 e. The molecule has 90 valence electrons. The van der Waals surface area contributed by atoms with Crippen molar-refractivity contribution < 1.29 is 13.2 Å². The summed E-state index contributed by atoms with van der Waals surface area (Å²) in [4.78, 5) is 0.223. The number of nitrogens with one attached hydrogen (secondary N) is 1. The van der Waals surface area contributed by atoms with Crippen molar-refractivity contribution in [3.8, 4) is 5.75 Å². The Hall–Kier alpha value is -1.75. The van der Waals surface area contributed by atoms with Gasteiger partial charge in [0.1, 0.15) is 5.75 Å². The molecule has 1 aromatic rings. The molecule has 0 atom stereocenters. The first-order valence-corrected chi connectivity index (χ1v) is 6.58. The lowest BCUT2D eigenvalue weighted by Crippen LogP contribution is -2.25. The molecule has 0 aromatic heterocycles. The molecule has 5 heteroatoms. The minimum absolute atomic E-state index is 0.223. The fourth-order valence-electron chi connectivity index (χ4n) is 1.67. The van der Waals surface area contributed by atoms with Crippen LogP contribution in [0, 0.1) is 0 Å². The van der Waals surface area contributed by atoms with E-state index in [0.29, 0.717) is 17.0 Å². The van der Waals surface area contributed by atoms with Crippen LogP contribution in [0.1, 0.15) is 12.5 Å². The summed E-state index contributed by atoms with van der Waals surface area (Å²) in [6, 6.07) is 7.03. The molecule has 0 saturated carbocycles. The maximum absolute atomic E-state index is 12.0. The zero-order valence-corrected chi connectivity index (χ0v) is 10.4. The number of hydrogen-bond donors (Lipinski definition) is 1. The maximum Gasteiger partial charge on any atom is 0.262 e. The maximum atomic E-state index is 12.0. The predicted molar refractivity (Wildman–Crippen MR) is 66.8 cm³/mol. The van der Waals surface area contributed by atoms with Gasteiger partial charge in [-0.1, -0.05) is 12.1 Å². The van der Waals surface area contributed by atoms with E-state index in [1.54, 1.807) is 43.3 Å². The monoisotopic (exact) mass is 251 g/mol. The molecule has 0 radical (unpaired) electrons. The van der Waals surface area contributed by atoms with Crippen LogP contribution < -0.4 is 9.46 Å². The highest BCUT2D eigenvalue weighted by Gasteiger charge is 2.24. The highest BCUT2D eigenvalue weighted by Crippen LogP contribution is 2.31. The van der Waals surface area contributed by atoms with E-state index in [-0.39, 0.29) is 4.91 Å². The third kappa shape index (κ3) is 2.19. The van der Waals surface area contributed by atoms with Gasteiger partial charge in [0.2, 0.25) is 0 Å². The van der Waals surface area contributed by atoms with Crippen molar-refractivity contribution >= 4 is 14.9 Å². The van der Waals surface area contributed by atoms with Gasteiger partial charge in [-0.2, -0.15) is 0 Å². The average Bonchev–Trinajstić information content (AvgIpc) is 2.28. The molecule has 17 heavy (non-hydrogen) atoms. The zero-order chi connectivity index (χ0) is 12.5. The van der Waals surface area contributed by atoms with Crippen LogP contribution >= 0.6 is 0 Å². The van der Waals surface area contributed by atoms with Crippen LogP contribution in [0.2, 0.25) is 0 Å². The molecule has 1 aromatic carbocycles. The van der Waals surface area contributed by atoms with Crippen molar-refractivity contribution in [1.82, 2.24) is 4.72 Å². The molecule has 2 rings (SSSR count). The number of allylic oxidation sites excluding steroid dienone is 3. The second-order valence-corrected chi connectivity index (χ2v) is 5.34. The molecule has 4 nitrogen and oxygen atoms in total. The fourth-order valence-corrected chi connectivity index (χ4v) is 2.98. The van der Waals surface area contributed by atoms with Gasteiger partial charge in [0.25, 0.3) is 10.0 Å². The first kappa shape index (κ1) is 11.7. The summed E-state index contributed by atoms with van der Waals surface area (Å²) in [5, 5.41) is 0. The Morgan fingerprint density at radius 3 is 2.53 bits per heavy atom. The Bertz CT molecular complexity index is 600. The first-order valence-electron chi connectivity index (χ1n) is 5.09. The van der Waals surface area contributed by atoms with E-state index in [1.165, 1.54) is 7.11 Å². The number of hydrogen-bond acceptors (Lipinski definition) is 3. The number of para-hydroxylation sites is 1. The van der Waals surface area contributed by atoms with Gasteiger partial charge < -0.3 is 4.74 Å². The molecule has 1 aliphatic heterocycles. The highest BCUT2D eigenvalue weighted by molar-refractivity contribution is 7.99. The van der Waals surface area contributed by atoms with Gasteiger partial charge in [-0.3, -0.25) is 4.72 Å². The highest BCUT2D eigenvalue weighted by atomic mass is 32.2.